The highest BCUT2D eigenvalue weighted by atomic mass is 16.2. The molecule has 1 N–H and O–H groups in total. The van der Waals surface area contributed by atoms with E-state index in [2.05, 4.69) is 31.0 Å². The Morgan fingerprint density at radius 1 is 1.05 bits per heavy atom. The number of carbonyl (C=O) groups excluding carboxylic acids is 1. The minimum absolute atomic E-state index is 0.401. The lowest BCUT2D eigenvalue weighted by Crippen LogP contribution is -2.39. The number of hydrogen-bond acceptors (Lipinski definition) is 2. The molecule has 0 unspecified atom stereocenters. The van der Waals surface area contributed by atoms with Crippen molar-refractivity contribution in [1.29, 1.82) is 0 Å². The topological polar surface area (TPSA) is 32.3 Å². The summed E-state index contributed by atoms with van der Waals surface area (Å²) < 4.78 is 0. The summed E-state index contributed by atoms with van der Waals surface area (Å²) in [5.74, 6) is 3.51. The highest BCUT2D eigenvalue weighted by Crippen LogP contribution is 2.27. The zero-order valence-electron chi connectivity index (χ0n) is 14.2. The van der Waals surface area contributed by atoms with Crippen molar-refractivity contribution in [1.82, 2.24) is 10.2 Å². The van der Waals surface area contributed by atoms with Gasteiger partial charge in [0.1, 0.15) is 0 Å². The van der Waals surface area contributed by atoms with Crippen molar-refractivity contribution < 1.29 is 4.79 Å². The predicted molar refractivity (Wildman–Crippen MR) is 88.1 cm³/mol. The standard InChI is InChI=1S/C18H34N2O/c1-14(2)16-8-12-20(13-9-16)18(21)5-4-15(3)17-6-10-19-11-7-17/h14-17,19H,4-13H2,1-3H3/t15-/m0/s1. The lowest BCUT2D eigenvalue weighted by molar-refractivity contribution is -0.133. The molecule has 1 amide bonds. The quantitative estimate of drug-likeness (QED) is 0.844. The Morgan fingerprint density at radius 2 is 1.67 bits per heavy atom. The molecular formula is C18H34N2O. The minimum atomic E-state index is 0.401. The van der Waals surface area contributed by atoms with Gasteiger partial charge in [0, 0.05) is 19.5 Å². The number of piperidine rings is 2. The normalized spacial score (nSPS) is 23.5. The van der Waals surface area contributed by atoms with Crippen LogP contribution in [0, 0.1) is 23.7 Å². The summed E-state index contributed by atoms with van der Waals surface area (Å²) >= 11 is 0. The Bertz CT molecular complexity index is 315. The second-order valence-corrected chi connectivity index (χ2v) is 7.57. The lowest BCUT2D eigenvalue weighted by Gasteiger charge is -2.34. The van der Waals surface area contributed by atoms with Crippen LogP contribution in [-0.4, -0.2) is 37.0 Å². The number of rotatable bonds is 5. The first-order valence-electron chi connectivity index (χ1n) is 9.06. The van der Waals surface area contributed by atoms with Crippen LogP contribution in [0.4, 0.5) is 0 Å². The average molecular weight is 294 g/mol. The van der Waals surface area contributed by atoms with E-state index in [0.717, 1.165) is 56.8 Å². The molecule has 122 valence electrons. The van der Waals surface area contributed by atoms with Gasteiger partial charge < -0.3 is 10.2 Å². The van der Waals surface area contributed by atoms with Crippen molar-refractivity contribution in [2.45, 2.75) is 59.3 Å². The molecule has 3 nitrogen and oxygen atoms in total. The van der Waals surface area contributed by atoms with Crippen molar-refractivity contribution in [3.05, 3.63) is 0 Å². The van der Waals surface area contributed by atoms with Gasteiger partial charge in [-0.25, -0.2) is 0 Å². The number of likely N-dealkylation sites (tertiary alicyclic amines) is 1. The highest BCUT2D eigenvalue weighted by molar-refractivity contribution is 5.76. The fraction of sp³-hybridized carbons (Fsp3) is 0.944. The summed E-state index contributed by atoms with van der Waals surface area (Å²) in [7, 11) is 0. The Kier molecular flexibility index (Phi) is 6.53. The zero-order chi connectivity index (χ0) is 15.2. The van der Waals surface area contributed by atoms with Gasteiger partial charge in [-0.2, -0.15) is 0 Å². The molecular weight excluding hydrogens is 260 g/mol. The first kappa shape index (κ1) is 16.8. The second kappa shape index (κ2) is 8.17. The predicted octanol–water partition coefficient (Wildman–Crippen LogP) is 3.30. The van der Waals surface area contributed by atoms with E-state index < -0.39 is 0 Å². The molecule has 3 heteroatoms. The Morgan fingerprint density at radius 3 is 2.24 bits per heavy atom. The van der Waals surface area contributed by atoms with E-state index in [1.54, 1.807) is 0 Å². The van der Waals surface area contributed by atoms with Crippen LogP contribution in [-0.2, 0) is 4.79 Å². The van der Waals surface area contributed by atoms with Crippen molar-refractivity contribution in [2.75, 3.05) is 26.2 Å². The van der Waals surface area contributed by atoms with E-state index in [1.165, 1.54) is 25.7 Å². The van der Waals surface area contributed by atoms with E-state index in [1.807, 2.05) is 0 Å². The van der Waals surface area contributed by atoms with Crippen molar-refractivity contribution >= 4 is 5.91 Å². The molecule has 2 rings (SSSR count). The fourth-order valence-electron chi connectivity index (χ4n) is 3.97. The third-order valence-corrected chi connectivity index (χ3v) is 5.84. The van der Waals surface area contributed by atoms with E-state index in [-0.39, 0.29) is 0 Å². The van der Waals surface area contributed by atoms with Gasteiger partial charge in [0.25, 0.3) is 0 Å². The Labute approximate surface area is 130 Å². The number of amides is 1. The van der Waals surface area contributed by atoms with Crippen LogP contribution >= 0.6 is 0 Å². The van der Waals surface area contributed by atoms with Crippen LogP contribution < -0.4 is 5.32 Å². The van der Waals surface area contributed by atoms with E-state index in [0.29, 0.717) is 11.8 Å². The monoisotopic (exact) mass is 294 g/mol. The summed E-state index contributed by atoms with van der Waals surface area (Å²) in [6.45, 7) is 11.3. The average Bonchev–Trinajstić information content (AvgIpc) is 2.53. The SMILES string of the molecule is CC(C)C1CCN(C(=O)CC[C@H](C)C2CCNCC2)CC1. The number of hydrogen-bond donors (Lipinski definition) is 1. The third kappa shape index (κ3) is 4.98. The smallest absolute Gasteiger partial charge is 0.222 e. The van der Waals surface area contributed by atoms with Crippen LogP contribution in [0.15, 0.2) is 0 Å². The summed E-state index contributed by atoms with van der Waals surface area (Å²) in [6.07, 6.45) is 6.82. The largest absolute Gasteiger partial charge is 0.343 e. The molecule has 0 bridgehead atoms. The highest BCUT2D eigenvalue weighted by Gasteiger charge is 2.25. The molecule has 2 saturated heterocycles. The van der Waals surface area contributed by atoms with E-state index in [4.69, 9.17) is 0 Å². The zero-order valence-corrected chi connectivity index (χ0v) is 14.2. The molecule has 0 aromatic carbocycles. The molecule has 0 aromatic rings. The molecule has 1 atom stereocenters. The number of carbonyl (C=O) groups is 1. The third-order valence-electron chi connectivity index (χ3n) is 5.84. The van der Waals surface area contributed by atoms with Gasteiger partial charge in [-0.3, -0.25) is 4.79 Å². The van der Waals surface area contributed by atoms with Crippen molar-refractivity contribution in [3.8, 4) is 0 Å². The van der Waals surface area contributed by atoms with Gasteiger partial charge in [-0.15, -0.1) is 0 Å². The maximum absolute atomic E-state index is 12.4. The maximum atomic E-state index is 12.4. The molecule has 0 saturated carbocycles. The molecule has 2 aliphatic heterocycles. The molecule has 0 aromatic heterocycles. The second-order valence-electron chi connectivity index (χ2n) is 7.57. The molecule has 21 heavy (non-hydrogen) atoms. The summed E-state index contributed by atoms with van der Waals surface area (Å²) in [5, 5.41) is 3.42. The lowest BCUT2D eigenvalue weighted by atomic mass is 9.83. The van der Waals surface area contributed by atoms with Gasteiger partial charge in [-0.05, 0) is 68.9 Å². The summed E-state index contributed by atoms with van der Waals surface area (Å²) in [6, 6.07) is 0. The number of nitrogens with one attached hydrogen (secondary N) is 1. The minimum Gasteiger partial charge on any atom is -0.343 e. The van der Waals surface area contributed by atoms with Crippen LogP contribution in [0.25, 0.3) is 0 Å². The van der Waals surface area contributed by atoms with Crippen molar-refractivity contribution in [3.63, 3.8) is 0 Å². The fourth-order valence-corrected chi connectivity index (χ4v) is 3.97. The van der Waals surface area contributed by atoms with Gasteiger partial charge >= 0.3 is 0 Å². The molecule has 0 spiro atoms. The van der Waals surface area contributed by atoms with Gasteiger partial charge in [0.15, 0.2) is 0 Å². The van der Waals surface area contributed by atoms with Gasteiger partial charge in [0.05, 0.1) is 0 Å². The maximum Gasteiger partial charge on any atom is 0.222 e. The summed E-state index contributed by atoms with van der Waals surface area (Å²) in [4.78, 5) is 14.5. The van der Waals surface area contributed by atoms with Gasteiger partial charge in [0.2, 0.25) is 5.91 Å². The van der Waals surface area contributed by atoms with Crippen LogP contribution in [0.1, 0.15) is 59.3 Å². The van der Waals surface area contributed by atoms with Crippen LogP contribution in [0.2, 0.25) is 0 Å². The first-order valence-corrected chi connectivity index (χ1v) is 9.06. The summed E-state index contributed by atoms with van der Waals surface area (Å²) in [5.41, 5.74) is 0. The molecule has 0 aliphatic carbocycles. The molecule has 2 heterocycles. The molecule has 2 fully saturated rings. The van der Waals surface area contributed by atoms with E-state index >= 15 is 0 Å². The van der Waals surface area contributed by atoms with Gasteiger partial charge in [-0.1, -0.05) is 20.8 Å². The van der Waals surface area contributed by atoms with Crippen molar-refractivity contribution in [2.24, 2.45) is 23.7 Å². The first-order chi connectivity index (χ1) is 10.1. The number of nitrogens with zero attached hydrogens (tertiary/aromatic N) is 1. The van der Waals surface area contributed by atoms with Crippen LogP contribution in [0.3, 0.4) is 0 Å². The molecule has 0 radical (unpaired) electrons. The van der Waals surface area contributed by atoms with Crippen LogP contribution in [0.5, 0.6) is 0 Å². The molecule has 2 aliphatic rings. The Hall–Kier alpha value is -0.570. The van der Waals surface area contributed by atoms with E-state index in [9.17, 15) is 4.79 Å². The Balaban J connectivity index is 1.67.